The lowest BCUT2D eigenvalue weighted by atomic mass is 10.2. The molecular formula is C16H19N3OS. The summed E-state index contributed by atoms with van der Waals surface area (Å²) >= 11 is 1.75. The second kappa shape index (κ2) is 5.31. The third-order valence-corrected chi connectivity index (χ3v) is 5.24. The number of fused-ring (bicyclic) bond motifs is 1. The minimum atomic E-state index is 0.602. The van der Waals surface area contributed by atoms with Crippen LogP contribution in [0.2, 0.25) is 0 Å². The van der Waals surface area contributed by atoms with Gasteiger partial charge in [-0.05, 0) is 18.9 Å². The van der Waals surface area contributed by atoms with Crippen LogP contribution in [-0.4, -0.2) is 18.1 Å². The molecule has 4 rings (SSSR count). The highest BCUT2D eigenvalue weighted by molar-refractivity contribution is 7.15. The molecule has 2 N–H and O–H groups in total. The van der Waals surface area contributed by atoms with Gasteiger partial charge in [-0.3, -0.25) is 0 Å². The Balaban J connectivity index is 1.64. The highest BCUT2D eigenvalue weighted by atomic mass is 32.1. The Labute approximate surface area is 128 Å². The molecule has 0 radical (unpaired) electrons. The van der Waals surface area contributed by atoms with Gasteiger partial charge in [0, 0.05) is 29.4 Å². The average Bonchev–Trinajstić information content (AvgIpc) is 3.30. The van der Waals surface area contributed by atoms with E-state index in [1.807, 2.05) is 12.1 Å². The number of ether oxygens (including phenoxy) is 1. The maximum atomic E-state index is 5.89. The number of hydrogen-bond acceptors (Lipinski definition) is 5. The summed E-state index contributed by atoms with van der Waals surface area (Å²) in [5.74, 6) is 1.65. The van der Waals surface area contributed by atoms with E-state index in [0.29, 0.717) is 19.1 Å². The number of benzene rings is 1. The molecule has 1 aliphatic carbocycles. The van der Waals surface area contributed by atoms with E-state index in [0.717, 1.165) is 24.0 Å². The molecular weight excluding hydrogens is 282 g/mol. The Kier molecular flexibility index (Phi) is 3.31. The molecule has 0 bridgehead atoms. The van der Waals surface area contributed by atoms with Gasteiger partial charge in [0.05, 0.1) is 12.2 Å². The number of anilines is 1. The van der Waals surface area contributed by atoms with E-state index < -0.39 is 0 Å². The van der Waals surface area contributed by atoms with Gasteiger partial charge in [-0.25, -0.2) is 4.98 Å². The van der Waals surface area contributed by atoms with Crippen LogP contribution in [0.15, 0.2) is 24.3 Å². The summed E-state index contributed by atoms with van der Waals surface area (Å²) in [5, 5.41) is 1.10. The molecule has 0 spiro atoms. The first-order chi connectivity index (χ1) is 10.3. The Morgan fingerprint density at radius 2 is 2.19 bits per heavy atom. The van der Waals surface area contributed by atoms with E-state index in [1.165, 1.54) is 29.0 Å². The number of thiazole rings is 1. The summed E-state index contributed by atoms with van der Waals surface area (Å²) in [4.78, 5) is 8.47. The van der Waals surface area contributed by atoms with Crippen LogP contribution in [0.25, 0.3) is 0 Å². The van der Waals surface area contributed by atoms with Crippen molar-refractivity contribution in [1.82, 2.24) is 4.98 Å². The van der Waals surface area contributed by atoms with Gasteiger partial charge in [0.1, 0.15) is 12.4 Å². The molecule has 110 valence electrons. The maximum absolute atomic E-state index is 5.89. The van der Waals surface area contributed by atoms with Gasteiger partial charge < -0.3 is 15.4 Å². The predicted molar refractivity (Wildman–Crippen MR) is 85.0 cm³/mol. The van der Waals surface area contributed by atoms with Crippen LogP contribution in [0.1, 0.15) is 34.9 Å². The van der Waals surface area contributed by atoms with Crippen molar-refractivity contribution in [3.05, 3.63) is 40.4 Å². The second-order valence-electron chi connectivity index (χ2n) is 5.66. The fourth-order valence-corrected chi connectivity index (χ4v) is 3.85. The molecule has 5 heteroatoms. The van der Waals surface area contributed by atoms with Crippen molar-refractivity contribution in [3.63, 3.8) is 0 Å². The molecule has 21 heavy (non-hydrogen) atoms. The van der Waals surface area contributed by atoms with Gasteiger partial charge in [0.15, 0.2) is 5.13 Å². The van der Waals surface area contributed by atoms with Crippen molar-refractivity contribution in [2.24, 2.45) is 5.73 Å². The van der Waals surface area contributed by atoms with Gasteiger partial charge in [0.25, 0.3) is 0 Å². The first kappa shape index (κ1) is 13.1. The summed E-state index contributed by atoms with van der Waals surface area (Å²) in [5.41, 5.74) is 8.37. The van der Waals surface area contributed by atoms with E-state index in [4.69, 9.17) is 15.5 Å². The molecule has 0 saturated heterocycles. The normalized spacial score (nSPS) is 18.0. The average molecular weight is 301 g/mol. The summed E-state index contributed by atoms with van der Waals surface area (Å²) in [6.45, 7) is 3.03. The van der Waals surface area contributed by atoms with Crippen molar-refractivity contribution >= 4 is 16.5 Å². The monoisotopic (exact) mass is 301 g/mol. The Hall–Kier alpha value is -1.59. The lowest BCUT2D eigenvalue weighted by molar-refractivity contribution is 0.331. The van der Waals surface area contributed by atoms with E-state index in [2.05, 4.69) is 17.0 Å². The van der Waals surface area contributed by atoms with Crippen LogP contribution < -0.4 is 15.4 Å². The number of rotatable bonds is 3. The zero-order valence-electron chi connectivity index (χ0n) is 11.9. The van der Waals surface area contributed by atoms with Crippen molar-refractivity contribution in [3.8, 4) is 5.75 Å². The first-order valence-corrected chi connectivity index (χ1v) is 8.32. The minimum absolute atomic E-state index is 0.602. The minimum Gasteiger partial charge on any atom is -0.491 e. The van der Waals surface area contributed by atoms with E-state index in [1.54, 1.807) is 11.3 Å². The van der Waals surface area contributed by atoms with Crippen molar-refractivity contribution in [2.45, 2.75) is 31.8 Å². The SMILES string of the molecule is NCc1sc(N2CCOc3ccccc3C2)nc1C1CC1. The summed E-state index contributed by atoms with van der Waals surface area (Å²) < 4.78 is 5.83. The quantitative estimate of drug-likeness (QED) is 0.947. The Morgan fingerprint density at radius 1 is 1.33 bits per heavy atom. The molecule has 1 fully saturated rings. The molecule has 1 aromatic carbocycles. The summed E-state index contributed by atoms with van der Waals surface area (Å²) in [7, 11) is 0. The molecule has 0 unspecified atom stereocenters. The highest BCUT2D eigenvalue weighted by Crippen LogP contribution is 2.44. The fourth-order valence-electron chi connectivity index (χ4n) is 2.80. The number of hydrogen-bond donors (Lipinski definition) is 1. The fraction of sp³-hybridized carbons (Fsp3) is 0.438. The molecule has 0 amide bonds. The standard InChI is InChI=1S/C16H19N3OS/c17-9-14-15(11-5-6-11)18-16(21-14)19-7-8-20-13-4-2-1-3-12(13)10-19/h1-4,11H,5-10,17H2. The zero-order valence-corrected chi connectivity index (χ0v) is 12.7. The molecule has 1 aliphatic heterocycles. The van der Waals surface area contributed by atoms with Crippen LogP contribution in [0.5, 0.6) is 5.75 Å². The number of nitrogens with two attached hydrogens (primary N) is 1. The van der Waals surface area contributed by atoms with Crippen LogP contribution in [-0.2, 0) is 13.1 Å². The van der Waals surface area contributed by atoms with Crippen LogP contribution in [0.4, 0.5) is 5.13 Å². The predicted octanol–water partition coefficient (Wildman–Crippen LogP) is 2.88. The van der Waals surface area contributed by atoms with Crippen LogP contribution in [0.3, 0.4) is 0 Å². The van der Waals surface area contributed by atoms with Gasteiger partial charge in [0.2, 0.25) is 0 Å². The lowest BCUT2D eigenvalue weighted by Gasteiger charge is -2.18. The van der Waals surface area contributed by atoms with Crippen LogP contribution >= 0.6 is 11.3 Å². The topological polar surface area (TPSA) is 51.4 Å². The van der Waals surface area contributed by atoms with Crippen LogP contribution in [0, 0.1) is 0 Å². The van der Waals surface area contributed by atoms with Crippen molar-refractivity contribution < 1.29 is 4.74 Å². The smallest absolute Gasteiger partial charge is 0.186 e. The first-order valence-electron chi connectivity index (χ1n) is 7.50. The molecule has 2 aromatic rings. The molecule has 4 nitrogen and oxygen atoms in total. The molecule has 0 atom stereocenters. The number of para-hydroxylation sites is 1. The molecule has 1 aromatic heterocycles. The third kappa shape index (κ3) is 2.51. The summed E-state index contributed by atoms with van der Waals surface area (Å²) in [6, 6.07) is 8.26. The van der Waals surface area contributed by atoms with Gasteiger partial charge >= 0.3 is 0 Å². The lowest BCUT2D eigenvalue weighted by Crippen LogP contribution is -2.25. The molecule has 2 aliphatic rings. The van der Waals surface area contributed by atoms with E-state index in [-0.39, 0.29) is 0 Å². The Morgan fingerprint density at radius 3 is 3.00 bits per heavy atom. The van der Waals surface area contributed by atoms with Gasteiger partial charge in [-0.2, -0.15) is 0 Å². The zero-order chi connectivity index (χ0) is 14.2. The maximum Gasteiger partial charge on any atom is 0.186 e. The highest BCUT2D eigenvalue weighted by Gasteiger charge is 2.30. The summed E-state index contributed by atoms with van der Waals surface area (Å²) in [6.07, 6.45) is 2.53. The van der Waals surface area contributed by atoms with Crippen molar-refractivity contribution in [2.75, 3.05) is 18.1 Å². The van der Waals surface area contributed by atoms with Gasteiger partial charge in [-0.15, -0.1) is 11.3 Å². The third-order valence-electron chi connectivity index (χ3n) is 4.09. The largest absolute Gasteiger partial charge is 0.491 e. The molecule has 2 heterocycles. The number of nitrogens with zero attached hydrogens (tertiary/aromatic N) is 2. The number of aromatic nitrogens is 1. The van der Waals surface area contributed by atoms with E-state index in [9.17, 15) is 0 Å². The van der Waals surface area contributed by atoms with Crippen molar-refractivity contribution in [1.29, 1.82) is 0 Å². The molecule has 1 saturated carbocycles. The van der Waals surface area contributed by atoms with E-state index >= 15 is 0 Å². The van der Waals surface area contributed by atoms with Gasteiger partial charge in [-0.1, -0.05) is 18.2 Å². The second-order valence-corrected chi connectivity index (χ2v) is 6.72. The Bertz CT molecular complexity index is 651.